The SMILES string of the molecule is C=NC.Sc1ccc(C2CCN2)cc1. The maximum Gasteiger partial charge on any atom is 0.0332 e. The number of thiol groups is 1. The standard InChI is InChI=1S/C9H11NS.C2H5N/c11-8-3-1-7(2-4-8)9-5-6-10-9;1-3-2/h1-4,9-11H,5-6H2;1H2,2H3. The summed E-state index contributed by atoms with van der Waals surface area (Å²) < 4.78 is 0. The Morgan fingerprint density at radius 2 is 1.93 bits per heavy atom. The molecule has 1 aliphatic heterocycles. The zero-order valence-electron chi connectivity index (χ0n) is 8.40. The summed E-state index contributed by atoms with van der Waals surface area (Å²) in [4.78, 5) is 4.29. The Hall–Kier alpha value is -0.800. The van der Waals surface area contributed by atoms with E-state index in [0.29, 0.717) is 6.04 Å². The molecule has 0 amide bonds. The number of aliphatic imine (C=N–C) groups is 1. The van der Waals surface area contributed by atoms with Crippen molar-refractivity contribution in [2.45, 2.75) is 17.4 Å². The molecule has 76 valence electrons. The van der Waals surface area contributed by atoms with Crippen LogP contribution in [0.1, 0.15) is 18.0 Å². The maximum absolute atomic E-state index is 4.23. The van der Waals surface area contributed by atoms with Gasteiger partial charge in [-0.3, -0.25) is 0 Å². The highest BCUT2D eigenvalue weighted by molar-refractivity contribution is 7.80. The third-order valence-electron chi connectivity index (χ3n) is 2.12. The van der Waals surface area contributed by atoms with Crippen LogP contribution in [0.15, 0.2) is 34.2 Å². The van der Waals surface area contributed by atoms with Gasteiger partial charge in [-0.05, 0) is 37.4 Å². The Kier molecular flexibility index (Phi) is 4.70. The normalized spacial score (nSPS) is 18.9. The van der Waals surface area contributed by atoms with Crippen molar-refractivity contribution in [3.05, 3.63) is 29.8 Å². The van der Waals surface area contributed by atoms with Crippen LogP contribution in [0.4, 0.5) is 0 Å². The van der Waals surface area contributed by atoms with E-state index in [1.807, 2.05) is 12.1 Å². The summed E-state index contributed by atoms with van der Waals surface area (Å²) in [5, 5.41) is 3.36. The van der Waals surface area contributed by atoms with Crippen LogP contribution in [-0.2, 0) is 0 Å². The highest BCUT2D eigenvalue weighted by atomic mass is 32.1. The van der Waals surface area contributed by atoms with Crippen LogP contribution in [0.2, 0.25) is 0 Å². The van der Waals surface area contributed by atoms with Crippen LogP contribution >= 0.6 is 12.6 Å². The molecule has 1 aromatic rings. The van der Waals surface area contributed by atoms with Gasteiger partial charge in [0.25, 0.3) is 0 Å². The molecule has 0 aliphatic carbocycles. The molecule has 1 N–H and O–H groups in total. The quantitative estimate of drug-likeness (QED) is 0.537. The first-order chi connectivity index (χ1) is 6.77. The van der Waals surface area contributed by atoms with Gasteiger partial charge in [0.1, 0.15) is 0 Å². The molecular formula is C11H16N2S. The Balaban J connectivity index is 0.000000293. The Labute approximate surface area is 90.9 Å². The molecule has 0 aromatic heterocycles. The number of rotatable bonds is 1. The minimum atomic E-state index is 0.601. The van der Waals surface area contributed by atoms with Crippen LogP contribution in [0.3, 0.4) is 0 Å². The van der Waals surface area contributed by atoms with E-state index in [0.717, 1.165) is 11.4 Å². The summed E-state index contributed by atoms with van der Waals surface area (Å²) in [6, 6.07) is 8.96. The molecule has 1 heterocycles. The minimum absolute atomic E-state index is 0.601. The van der Waals surface area contributed by atoms with Gasteiger partial charge in [-0.15, -0.1) is 12.6 Å². The fourth-order valence-electron chi connectivity index (χ4n) is 1.28. The van der Waals surface area contributed by atoms with Gasteiger partial charge in [0, 0.05) is 18.0 Å². The Morgan fingerprint density at radius 3 is 2.29 bits per heavy atom. The number of nitrogens with one attached hydrogen (secondary N) is 1. The van der Waals surface area contributed by atoms with Gasteiger partial charge in [-0.25, -0.2) is 0 Å². The highest BCUT2D eigenvalue weighted by Crippen LogP contribution is 2.23. The lowest BCUT2D eigenvalue weighted by molar-refractivity contribution is 0.383. The second kappa shape index (κ2) is 5.83. The van der Waals surface area contributed by atoms with Crippen molar-refractivity contribution in [1.82, 2.24) is 5.32 Å². The van der Waals surface area contributed by atoms with E-state index >= 15 is 0 Å². The van der Waals surface area contributed by atoms with Gasteiger partial charge in [0.05, 0.1) is 0 Å². The molecule has 2 nitrogen and oxygen atoms in total. The van der Waals surface area contributed by atoms with Crippen molar-refractivity contribution in [1.29, 1.82) is 0 Å². The van der Waals surface area contributed by atoms with Crippen molar-refractivity contribution in [3.63, 3.8) is 0 Å². The molecule has 0 spiro atoms. The topological polar surface area (TPSA) is 24.4 Å². The lowest BCUT2D eigenvalue weighted by Crippen LogP contribution is -2.34. The van der Waals surface area contributed by atoms with Crippen LogP contribution < -0.4 is 5.32 Å². The van der Waals surface area contributed by atoms with Gasteiger partial charge in [0.15, 0.2) is 0 Å². The summed E-state index contributed by atoms with van der Waals surface area (Å²) in [6.45, 7) is 4.27. The average molecular weight is 208 g/mol. The largest absolute Gasteiger partial charge is 0.310 e. The van der Waals surface area contributed by atoms with Crippen molar-refractivity contribution < 1.29 is 0 Å². The second-order valence-electron chi connectivity index (χ2n) is 3.20. The van der Waals surface area contributed by atoms with Gasteiger partial charge in [-0.1, -0.05) is 12.1 Å². The first-order valence-corrected chi connectivity index (χ1v) is 5.09. The highest BCUT2D eigenvalue weighted by Gasteiger charge is 2.17. The maximum atomic E-state index is 4.23. The number of hydrogen-bond donors (Lipinski definition) is 2. The summed E-state index contributed by atoms with van der Waals surface area (Å²) in [7, 11) is 1.64. The molecule has 0 radical (unpaired) electrons. The molecule has 1 unspecified atom stereocenters. The van der Waals surface area contributed by atoms with Crippen LogP contribution in [-0.4, -0.2) is 20.3 Å². The van der Waals surface area contributed by atoms with E-state index in [-0.39, 0.29) is 0 Å². The smallest absolute Gasteiger partial charge is 0.0332 e. The van der Waals surface area contributed by atoms with Crippen molar-refractivity contribution in [2.24, 2.45) is 4.99 Å². The molecule has 1 aromatic carbocycles. The number of hydrogen-bond acceptors (Lipinski definition) is 3. The molecule has 0 saturated carbocycles. The van der Waals surface area contributed by atoms with E-state index < -0.39 is 0 Å². The van der Waals surface area contributed by atoms with Gasteiger partial charge in [-0.2, -0.15) is 0 Å². The third kappa shape index (κ3) is 3.16. The molecule has 3 heteroatoms. The van der Waals surface area contributed by atoms with Crippen LogP contribution in [0, 0.1) is 0 Å². The van der Waals surface area contributed by atoms with E-state index in [1.165, 1.54) is 12.0 Å². The van der Waals surface area contributed by atoms with Crippen LogP contribution in [0.5, 0.6) is 0 Å². The van der Waals surface area contributed by atoms with Gasteiger partial charge in [0.2, 0.25) is 0 Å². The number of benzene rings is 1. The van der Waals surface area contributed by atoms with E-state index in [1.54, 1.807) is 7.05 Å². The van der Waals surface area contributed by atoms with Gasteiger partial charge >= 0.3 is 0 Å². The molecular weight excluding hydrogens is 192 g/mol. The van der Waals surface area contributed by atoms with Crippen molar-refractivity contribution in [3.8, 4) is 0 Å². The molecule has 1 aliphatic rings. The second-order valence-corrected chi connectivity index (χ2v) is 3.72. The summed E-state index contributed by atoms with van der Waals surface area (Å²) in [6.07, 6.45) is 1.27. The molecule has 2 rings (SSSR count). The lowest BCUT2D eigenvalue weighted by atomic mass is 9.98. The molecule has 14 heavy (non-hydrogen) atoms. The van der Waals surface area contributed by atoms with Crippen LogP contribution in [0.25, 0.3) is 0 Å². The number of nitrogens with zero attached hydrogens (tertiary/aromatic N) is 1. The Morgan fingerprint density at radius 1 is 1.43 bits per heavy atom. The van der Waals surface area contributed by atoms with Gasteiger partial charge < -0.3 is 10.3 Å². The average Bonchev–Trinajstić information content (AvgIpc) is 2.07. The summed E-state index contributed by atoms with van der Waals surface area (Å²) in [5.41, 5.74) is 1.38. The molecule has 1 atom stereocenters. The third-order valence-corrected chi connectivity index (χ3v) is 2.42. The molecule has 1 saturated heterocycles. The first-order valence-electron chi connectivity index (χ1n) is 4.65. The summed E-state index contributed by atoms with van der Waals surface area (Å²) >= 11 is 4.23. The first kappa shape index (κ1) is 11.3. The van der Waals surface area contributed by atoms with E-state index in [9.17, 15) is 0 Å². The lowest BCUT2D eigenvalue weighted by Gasteiger charge is -2.27. The Bertz CT molecular complexity index is 278. The predicted octanol–water partition coefficient (Wildman–Crippen LogP) is 2.33. The fourth-order valence-corrected chi connectivity index (χ4v) is 1.43. The fraction of sp³-hybridized carbons (Fsp3) is 0.364. The van der Waals surface area contributed by atoms with Crippen molar-refractivity contribution >= 4 is 19.3 Å². The molecule has 1 fully saturated rings. The van der Waals surface area contributed by atoms with Crippen molar-refractivity contribution in [2.75, 3.05) is 13.6 Å². The predicted molar refractivity (Wildman–Crippen MR) is 64.5 cm³/mol. The zero-order chi connectivity index (χ0) is 10.4. The van der Waals surface area contributed by atoms with E-state index in [2.05, 4.69) is 41.8 Å². The van der Waals surface area contributed by atoms with E-state index in [4.69, 9.17) is 0 Å². The molecule has 0 bridgehead atoms. The monoisotopic (exact) mass is 208 g/mol. The minimum Gasteiger partial charge on any atom is -0.310 e. The summed E-state index contributed by atoms with van der Waals surface area (Å²) in [5.74, 6) is 0. The zero-order valence-corrected chi connectivity index (χ0v) is 9.30.